The number of rotatable bonds is 2. The van der Waals surface area contributed by atoms with Crippen molar-refractivity contribution in [2.45, 2.75) is 6.04 Å². The highest BCUT2D eigenvalue weighted by molar-refractivity contribution is 6.30. The van der Waals surface area contributed by atoms with E-state index in [-0.39, 0.29) is 6.04 Å². The minimum atomic E-state index is -0.681. The van der Waals surface area contributed by atoms with Gasteiger partial charge in [0.25, 0.3) is 0 Å². The van der Waals surface area contributed by atoms with E-state index in [1.165, 1.54) is 0 Å². The van der Waals surface area contributed by atoms with Crippen LogP contribution in [0.3, 0.4) is 0 Å². The Morgan fingerprint density at radius 1 is 0.857 bits per heavy atom. The zero-order valence-corrected chi connectivity index (χ0v) is 11.6. The van der Waals surface area contributed by atoms with E-state index in [0.717, 1.165) is 11.1 Å². The molecule has 1 heterocycles. The van der Waals surface area contributed by atoms with Gasteiger partial charge in [0.1, 0.15) is 0 Å². The first-order chi connectivity index (χ1) is 10.0. The summed E-state index contributed by atoms with van der Waals surface area (Å²) in [4.78, 5) is 27.7. The first-order valence-corrected chi connectivity index (χ1v) is 6.70. The summed E-state index contributed by atoms with van der Waals surface area (Å²) < 4.78 is 0. The predicted molar refractivity (Wildman–Crippen MR) is 82.7 cm³/mol. The maximum atomic E-state index is 11.4. The normalized spacial score (nSPS) is 12.5. The molecule has 6 heteroatoms. The highest BCUT2D eigenvalue weighted by Crippen LogP contribution is 2.23. The first-order valence-electron chi connectivity index (χ1n) is 6.32. The summed E-state index contributed by atoms with van der Waals surface area (Å²) >= 11 is 5.86. The molecule has 21 heavy (non-hydrogen) atoms. The summed E-state index contributed by atoms with van der Waals surface area (Å²) in [5.74, 6) is 0. The van der Waals surface area contributed by atoms with Gasteiger partial charge in [-0.15, -0.1) is 0 Å². The lowest BCUT2D eigenvalue weighted by atomic mass is 9.99. The SMILES string of the molecule is NC(c1ccc(Cl)cc1)c1ccc2[nH]c(=O)c(=O)[nH]c2c1. The number of halogens is 1. The van der Waals surface area contributed by atoms with Crippen LogP contribution in [0, 0.1) is 0 Å². The van der Waals surface area contributed by atoms with Gasteiger partial charge in [0.15, 0.2) is 0 Å². The lowest BCUT2D eigenvalue weighted by molar-refractivity contribution is 0.872. The molecule has 3 aromatic rings. The number of hydrogen-bond acceptors (Lipinski definition) is 3. The molecule has 0 aliphatic heterocycles. The molecule has 5 nitrogen and oxygen atoms in total. The van der Waals surface area contributed by atoms with Crippen LogP contribution in [0.15, 0.2) is 52.1 Å². The van der Waals surface area contributed by atoms with Gasteiger partial charge in [-0.05, 0) is 35.4 Å². The molecule has 0 spiro atoms. The Labute approximate surface area is 124 Å². The fourth-order valence-electron chi connectivity index (χ4n) is 2.19. The first kappa shape index (κ1) is 13.6. The lowest BCUT2D eigenvalue weighted by Gasteiger charge is -2.13. The molecular formula is C15H12ClN3O2. The van der Waals surface area contributed by atoms with Crippen molar-refractivity contribution in [2.75, 3.05) is 0 Å². The zero-order chi connectivity index (χ0) is 15.0. The number of hydrogen-bond donors (Lipinski definition) is 3. The van der Waals surface area contributed by atoms with E-state index in [1.54, 1.807) is 24.3 Å². The average molecular weight is 302 g/mol. The van der Waals surface area contributed by atoms with E-state index in [9.17, 15) is 9.59 Å². The zero-order valence-electron chi connectivity index (χ0n) is 10.9. The lowest BCUT2D eigenvalue weighted by Crippen LogP contribution is -2.29. The Hall–Kier alpha value is -2.37. The fraction of sp³-hybridized carbons (Fsp3) is 0.0667. The molecule has 0 bridgehead atoms. The van der Waals surface area contributed by atoms with Crippen LogP contribution in [0.4, 0.5) is 0 Å². The predicted octanol–water partition coefficient (Wildman–Crippen LogP) is 1.92. The molecule has 0 saturated heterocycles. The Bertz CT molecular complexity index is 913. The summed E-state index contributed by atoms with van der Waals surface area (Å²) in [6.45, 7) is 0. The van der Waals surface area contributed by atoms with Crippen LogP contribution in [-0.2, 0) is 0 Å². The van der Waals surface area contributed by atoms with Crippen LogP contribution < -0.4 is 16.9 Å². The Morgan fingerprint density at radius 2 is 1.43 bits per heavy atom. The number of aromatic nitrogens is 2. The molecule has 0 amide bonds. The van der Waals surface area contributed by atoms with Crippen LogP contribution >= 0.6 is 11.6 Å². The molecule has 0 saturated carbocycles. The molecule has 0 aliphatic carbocycles. The van der Waals surface area contributed by atoms with E-state index in [1.807, 2.05) is 18.2 Å². The van der Waals surface area contributed by atoms with Gasteiger partial charge in [0.2, 0.25) is 0 Å². The summed E-state index contributed by atoms with van der Waals surface area (Å²) in [6.07, 6.45) is 0. The molecule has 0 fully saturated rings. The summed E-state index contributed by atoms with van der Waals surface area (Å²) in [6, 6.07) is 12.2. The quantitative estimate of drug-likeness (QED) is 0.631. The van der Waals surface area contributed by atoms with Crippen molar-refractivity contribution in [3.05, 3.63) is 79.3 Å². The number of aromatic amines is 2. The third-order valence-electron chi connectivity index (χ3n) is 3.33. The van der Waals surface area contributed by atoms with E-state index in [2.05, 4.69) is 9.97 Å². The Kier molecular flexibility index (Phi) is 3.37. The number of H-pyrrole nitrogens is 2. The number of nitrogens with two attached hydrogens (primary N) is 1. The molecule has 1 unspecified atom stereocenters. The van der Waals surface area contributed by atoms with Crippen LogP contribution in [0.1, 0.15) is 17.2 Å². The summed E-state index contributed by atoms with van der Waals surface area (Å²) in [7, 11) is 0. The van der Waals surface area contributed by atoms with Gasteiger partial charge in [0, 0.05) is 5.02 Å². The van der Waals surface area contributed by atoms with Crippen molar-refractivity contribution in [2.24, 2.45) is 5.73 Å². The maximum Gasteiger partial charge on any atom is 0.314 e. The second kappa shape index (κ2) is 5.20. The summed E-state index contributed by atoms with van der Waals surface area (Å²) in [5, 5.41) is 0.645. The van der Waals surface area contributed by atoms with E-state index < -0.39 is 11.1 Å². The fourth-order valence-corrected chi connectivity index (χ4v) is 2.31. The van der Waals surface area contributed by atoms with Crippen molar-refractivity contribution in [3.8, 4) is 0 Å². The Balaban J connectivity index is 2.08. The van der Waals surface area contributed by atoms with Crippen LogP contribution in [0.5, 0.6) is 0 Å². The van der Waals surface area contributed by atoms with Gasteiger partial charge >= 0.3 is 11.1 Å². The van der Waals surface area contributed by atoms with Crippen molar-refractivity contribution in [3.63, 3.8) is 0 Å². The van der Waals surface area contributed by atoms with Crippen molar-refractivity contribution < 1.29 is 0 Å². The van der Waals surface area contributed by atoms with Crippen molar-refractivity contribution >= 4 is 22.6 Å². The monoisotopic (exact) mass is 301 g/mol. The van der Waals surface area contributed by atoms with Gasteiger partial charge in [-0.2, -0.15) is 0 Å². The number of fused-ring (bicyclic) bond motifs is 1. The Morgan fingerprint density at radius 3 is 2.10 bits per heavy atom. The largest absolute Gasteiger partial charge is 0.320 e. The van der Waals surface area contributed by atoms with Gasteiger partial charge in [-0.1, -0.05) is 29.8 Å². The maximum absolute atomic E-state index is 11.4. The minimum Gasteiger partial charge on any atom is -0.320 e. The second-order valence-corrected chi connectivity index (χ2v) is 5.18. The molecule has 106 valence electrons. The molecule has 4 N–H and O–H groups in total. The van der Waals surface area contributed by atoms with E-state index >= 15 is 0 Å². The third-order valence-corrected chi connectivity index (χ3v) is 3.59. The highest BCUT2D eigenvalue weighted by Gasteiger charge is 2.10. The van der Waals surface area contributed by atoms with E-state index in [0.29, 0.717) is 16.1 Å². The summed E-state index contributed by atoms with van der Waals surface area (Å²) in [5.41, 5.74) is 7.71. The van der Waals surface area contributed by atoms with Crippen molar-refractivity contribution in [1.29, 1.82) is 0 Å². The van der Waals surface area contributed by atoms with E-state index in [4.69, 9.17) is 17.3 Å². The number of benzene rings is 2. The second-order valence-electron chi connectivity index (χ2n) is 4.74. The molecular weight excluding hydrogens is 290 g/mol. The molecule has 0 radical (unpaired) electrons. The standard InChI is InChI=1S/C15H12ClN3O2/c16-10-4-1-8(2-5-10)13(17)9-3-6-11-12(7-9)19-15(21)14(20)18-11/h1-7,13H,17H2,(H,18,20)(H,19,21). The van der Waals surface area contributed by atoms with Crippen molar-refractivity contribution in [1.82, 2.24) is 9.97 Å². The third kappa shape index (κ3) is 2.61. The topological polar surface area (TPSA) is 91.7 Å². The molecule has 2 aromatic carbocycles. The van der Waals surface area contributed by atoms with Gasteiger partial charge < -0.3 is 15.7 Å². The minimum absolute atomic E-state index is 0.345. The smallest absolute Gasteiger partial charge is 0.314 e. The highest BCUT2D eigenvalue weighted by atomic mass is 35.5. The van der Waals surface area contributed by atoms with Gasteiger partial charge in [-0.3, -0.25) is 9.59 Å². The average Bonchev–Trinajstić information content (AvgIpc) is 2.48. The van der Waals surface area contributed by atoms with Gasteiger partial charge in [-0.25, -0.2) is 0 Å². The van der Waals surface area contributed by atoms with Gasteiger partial charge in [0.05, 0.1) is 17.1 Å². The molecule has 1 atom stereocenters. The van der Waals surface area contributed by atoms with Crippen LogP contribution in [-0.4, -0.2) is 9.97 Å². The molecule has 1 aromatic heterocycles. The molecule has 0 aliphatic rings. The van der Waals surface area contributed by atoms with Crippen LogP contribution in [0.25, 0.3) is 11.0 Å². The molecule has 3 rings (SSSR count). The van der Waals surface area contributed by atoms with Crippen LogP contribution in [0.2, 0.25) is 5.02 Å². The number of nitrogens with one attached hydrogen (secondary N) is 2.